The molecule has 1 aliphatic heterocycles. The van der Waals surface area contributed by atoms with E-state index in [4.69, 9.17) is 16.3 Å². The Balaban J connectivity index is 1.66. The zero-order valence-electron chi connectivity index (χ0n) is 16.7. The van der Waals surface area contributed by atoms with E-state index in [-0.39, 0.29) is 18.4 Å². The number of nitrogens with zero attached hydrogens (tertiary/aromatic N) is 2. The Kier molecular flexibility index (Phi) is 5.49. The number of para-hydroxylation sites is 1. The first-order chi connectivity index (χ1) is 14.3. The van der Waals surface area contributed by atoms with Crippen molar-refractivity contribution in [3.63, 3.8) is 0 Å². The Labute approximate surface area is 183 Å². The van der Waals surface area contributed by atoms with Crippen LogP contribution in [0.3, 0.4) is 0 Å². The molecule has 1 unspecified atom stereocenters. The first-order valence-corrected chi connectivity index (χ1v) is 10.6. The zero-order chi connectivity index (χ0) is 21.4. The number of carbonyl (C=O) groups excluding carboxylic acids is 2. The highest BCUT2D eigenvalue weighted by Crippen LogP contribution is 2.38. The number of halogens is 1. The smallest absolute Gasteiger partial charge is 0.268 e. The van der Waals surface area contributed by atoms with E-state index in [1.54, 1.807) is 42.5 Å². The Morgan fingerprint density at radius 2 is 2.03 bits per heavy atom. The summed E-state index contributed by atoms with van der Waals surface area (Å²) in [5.74, 6) is -0.0660. The number of aryl methyl sites for hydroxylation is 2. The van der Waals surface area contributed by atoms with Crippen LogP contribution in [-0.2, 0) is 9.59 Å². The molecule has 2 aromatic carbocycles. The third-order valence-electron chi connectivity index (χ3n) is 4.79. The van der Waals surface area contributed by atoms with Gasteiger partial charge in [-0.15, -0.1) is 11.3 Å². The van der Waals surface area contributed by atoms with Crippen molar-refractivity contribution in [3.8, 4) is 17.0 Å². The first kappa shape index (κ1) is 20.4. The van der Waals surface area contributed by atoms with Gasteiger partial charge in [0.25, 0.3) is 5.91 Å². The Bertz CT molecular complexity index is 1140. The maximum Gasteiger partial charge on any atom is 0.268 e. The second kappa shape index (κ2) is 8.08. The number of nitrogens with one attached hydrogen (secondary N) is 1. The molecule has 1 aromatic heterocycles. The van der Waals surface area contributed by atoms with E-state index in [1.807, 2.05) is 32.0 Å². The Morgan fingerprint density at radius 3 is 2.73 bits per heavy atom. The monoisotopic (exact) mass is 441 g/mol. The molecule has 1 N–H and O–H groups in total. The van der Waals surface area contributed by atoms with Crippen LogP contribution in [0.5, 0.6) is 5.75 Å². The number of rotatable bonds is 4. The predicted molar refractivity (Wildman–Crippen MR) is 120 cm³/mol. The number of anilines is 2. The van der Waals surface area contributed by atoms with E-state index in [1.165, 1.54) is 4.90 Å². The molecule has 0 aliphatic carbocycles. The molecule has 2 amide bonds. The lowest BCUT2D eigenvalue weighted by molar-refractivity contribution is -0.127. The Morgan fingerprint density at radius 1 is 1.27 bits per heavy atom. The molecule has 1 atom stereocenters. The summed E-state index contributed by atoms with van der Waals surface area (Å²) in [4.78, 5) is 32.7. The fraction of sp³-hybridized carbons (Fsp3) is 0.227. The van der Waals surface area contributed by atoms with Crippen LogP contribution in [0.4, 0.5) is 11.4 Å². The predicted octanol–water partition coefficient (Wildman–Crippen LogP) is 4.83. The van der Waals surface area contributed by atoms with Gasteiger partial charge in [-0.25, -0.2) is 4.98 Å². The summed E-state index contributed by atoms with van der Waals surface area (Å²) in [6.07, 6.45) is -0.681. The van der Waals surface area contributed by atoms with Gasteiger partial charge in [0.2, 0.25) is 5.91 Å². The normalized spacial score (nSPS) is 15.5. The molecule has 8 heteroatoms. The number of carbonyl (C=O) groups is 2. The molecule has 0 saturated carbocycles. The van der Waals surface area contributed by atoms with Crippen molar-refractivity contribution in [1.82, 2.24) is 4.98 Å². The standard InChI is InChI=1S/C22H20ClN3O3S/c1-12-22(28)26(11-20(27)25-17-7-5-4-6-16(17)23)18-10-15(8-9-19(18)29-12)21-13(2)30-14(3)24-21/h4-10,12H,11H2,1-3H3,(H,25,27). The second-order valence-electron chi connectivity index (χ2n) is 7.03. The lowest BCUT2D eigenvalue weighted by Crippen LogP contribution is -2.47. The van der Waals surface area contributed by atoms with E-state index < -0.39 is 6.10 Å². The van der Waals surface area contributed by atoms with Gasteiger partial charge in [-0.1, -0.05) is 23.7 Å². The van der Waals surface area contributed by atoms with Gasteiger partial charge in [0.1, 0.15) is 12.3 Å². The minimum absolute atomic E-state index is 0.150. The van der Waals surface area contributed by atoms with Gasteiger partial charge < -0.3 is 10.1 Å². The van der Waals surface area contributed by atoms with Crippen molar-refractivity contribution in [2.24, 2.45) is 0 Å². The van der Waals surface area contributed by atoms with Crippen molar-refractivity contribution >= 4 is 46.1 Å². The average molecular weight is 442 g/mol. The molecule has 2 heterocycles. The molecule has 0 spiro atoms. The minimum Gasteiger partial charge on any atom is -0.479 e. The SMILES string of the molecule is Cc1nc(-c2ccc3c(c2)N(CC(=O)Nc2ccccc2Cl)C(=O)C(C)O3)c(C)s1. The molecule has 4 rings (SSSR count). The molecular formula is C22H20ClN3O3S. The van der Waals surface area contributed by atoms with Crippen molar-refractivity contribution in [1.29, 1.82) is 0 Å². The highest BCUT2D eigenvalue weighted by Gasteiger charge is 2.33. The molecule has 1 aliphatic rings. The van der Waals surface area contributed by atoms with Crippen LogP contribution in [0.25, 0.3) is 11.3 Å². The number of hydrogen-bond acceptors (Lipinski definition) is 5. The molecule has 154 valence electrons. The van der Waals surface area contributed by atoms with Gasteiger partial charge in [0.05, 0.1) is 27.1 Å². The summed E-state index contributed by atoms with van der Waals surface area (Å²) in [5, 5.41) is 4.17. The molecule has 6 nitrogen and oxygen atoms in total. The minimum atomic E-state index is -0.681. The van der Waals surface area contributed by atoms with Crippen LogP contribution >= 0.6 is 22.9 Å². The van der Waals surface area contributed by atoms with E-state index in [0.717, 1.165) is 21.1 Å². The maximum atomic E-state index is 12.8. The fourth-order valence-corrected chi connectivity index (χ4v) is 4.43. The molecule has 0 radical (unpaired) electrons. The quantitative estimate of drug-likeness (QED) is 0.629. The molecule has 0 saturated heterocycles. The number of aromatic nitrogens is 1. The lowest BCUT2D eigenvalue weighted by Gasteiger charge is -2.33. The number of thiazole rings is 1. The summed E-state index contributed by atoms with van der Waals surface area (Å²) < 4.78 is 5.76. The van der Waals surface area contributed by atoms with Crippen molar-refractivity contribution in [2.75, 3.05) is 16.8 Å². The van der Waals surface area contributed by atoms with E-state index in [9.17, 15) is 9.59 Å². The molecule has 30 heavy (non-hydrogen) atoms. The van der Waals surface area contributed by atoms with Gasteiger partial charge in [-0.3, -0.25) is 14.5 Å². The summed E-state index contributed by atoms with van der Waals surface area (Å²) in [7, 11) is 0. The highest BCUT2D eigenvalue weighted by molar-refractivity contribution is 7.11. The fourth-order valence-electron chi connectivity index (χ4n) is 3.41. The lowest BCUT2D eigenvalue weighted by atomic mass is 10.1. The van der Waals surface area contributed by atoms with Crippen molar-refractivity contribution in [2.45, 2.75) is 26.9 Å². The number of benzene rings is 2. The van der Waals surface area contributed by atoms with Gasteiger partial charge in [0, 0.05) is 10.4 Å². The van der Waals surface area contributed by atoms with Crippen molar-refractivity contribution in [3.05, 3.63) is 57.4 Å². The second-order valence-corrected chi connectivity index (χ2v) is 8.85. The van der Waals surface area contributed by atoms with Gasteiger partial charge >= 0.3 is 0 Å². The molecule has 0 bridgehead atoms. The van der Waals surface area contributed by atoms with Crippen LogP contribution in [0.1, 0.15) is 16.8 Å². The number of hydrogen-bond donors (Lipinski definition) is 1. The maximum absolute atomic E-state index is 12.8. The summed E-state index contributed by atoms with van der Waals surface area (Å²) in [5.41, 5.74) is 2.79. The van der Waals surface area contributed by atoms with Crippen LogP contribution in [0.15, 0.2) is 42.5 Å². The number of fused-ring (bicyclic) bond motifs is 1. The summed E-state index contributed by atoms with van der Waals surface area (Å²) in [6, 6.07) is 12.6. The molecule has 0 fully saturated rings. The van der Waals surface area contributed by atoms with Crippen LogP contribution in [0.2, 0.25) is 5.02 Å². The topological polar surface area (TPSA) is 71.5 Å². The Hall–Kier alpha value is -2.90. The summed E-state index contributed by atoms with van der Waals surface area (Å²) >= 11 is 7.75. The first-order valence-electron chi connectivity index (χ1n) is 9.44. The molecule has 3 aromatic rings. The largest absolute Gasteiger partial charge is 0.479 e. The van der Waals surface area contributed by atoms with Crippen molar-refractivity contribution < 1.29 is 14.3 Å². The molecular weight excluding hydrogens is 422 g/mol. The highest BCUT2D eigenvalue weighted by atomic mass is 35.5. The van der Waals surface area contributed by atoms with E-state index in [2.05, 4.69) is 10.3 Å². The van der Waals surface area contributed by atoms with Gasteiger partial charge in [-0.2, -0.15) is 0 Å². The number of ether oxygens (including phenoxy) is 1. The zero-order valence-corrected chi connectivity index (χ0v) is 18.3. The van der Waals surface area contributed by atoms with Gasteiger partial charge in [0.15, 0.2) is 6.10 Å². The third-order valence-corrected chi connectivity index (χ3v) is 6.01. The average Bonchev–Trinajstić information content (AvgIpc) is 3.05. The van der Waals surface area contributed by atoms with Crippen LogP contribution in [-0.4, -0.2) is 29.4 Å². The van der Waals surface area contributed by atoms with E-state index in [0.29, 0.717) is 22.1 Å². The van der Waals surface area contributed by atoms with E-state index >= 15 is 0 Å². The summed E-state index contributed by atoms with van der Waals surface area (Å²) in [6.45, 7) is 5.49. The number of amides is 2. The van der Waals surface area contributed by atoms with Crippen LogP contribution in [0, 0.1) is 13.8 Å². The third kappa shape index (κ3) is 3.91. The van der Waals surface area contributed by atoms with Gasteiger partial charge in [-0.05, 0) is 51.1 Å². The van der Waals surface area contributed by atoms with Crippen LogP contribution < -0.4 is 15.0 Å².